The minimum Gasteiger partial charge on any atom is -0.496 e. The van der Waals surface area contributed by atoms with Gasteiger partial charge in [0.25, 0.3) is 0 Å². The molecule has 0 bridgehead atoms. The monoisotopic (exact) mass is 330 g/mol. The van der Waals surface area contributed by atoms with Crippen LogP contribution in [0.1, 0.15) is 37.7 Å². The maximum atomic E-state index is 9.07. The zero-order chi connectivity index (χ0) is 16.8. The predicted molar refractivity (Wildman–Crippen MR) is 94.7 cm³/mol. The van der Waals surface area contributed by atoms with Crippen molar-refractivity contribution in [2.24, 2.45) is 0 Å². The fraction of sp³-hybridized carbons (Fsp3) is 0.500. The molecular formula is C20H26O4. The molecule has 3 rings (SSSR count). The van der Waals surface area contributed by atoms with Crippen molar-refractivity contribution >= 4 is 10.8 Å². The molecule has 1 fully saturated rings. The van der Waals surface area contributed by atoms with Gasteiger partial charge in [0.1, 0.15) is 11.5 Å². The Morgan fingerprint density at radius 2 is 2.00 bits per heavy atom. The second-order valence-corrected chi connectivity index (χ2v) is 6.21. The summed E-state index contributed by atoms with van der Waals surface area (Å²) in [6.45, 7) is 0.977. The molecule has 1 N–H and O–H groups in total. The molecule has 24 heavy (non-hydrogen) atoms. The standard InChI is InChI=1S/C20H26O4/c1-22-18-14-15(8-4-6-12-21)20(17-10-3-2-9-16(17)18)24-19-11-5-7-13-23-19/h2-3,9-10,14,19,21H,4-8,11-13H2,1H3. The van der Waals surface area contributed by atoms with E-state index in [-0.39, 0.29) is 12.9 Å². The number of ether oxygens (including phenoxy) is 3. The van der Waals surface area contributed by atoms with Crippen LogP contribution < -0.4 is 9.47 Å². The van der Waals surface area contributed by atoms with Crippen molar-refractivity contribution in [1.29, 1.82) is 0 Å². The highest BCUT2D eigenvalue weighted by Crippen LogP contribution is 2.38. The lowest BCUT2D eigenvalue weighted by Crippen LogP contribution is -2.25. The van der Waals surface area contributed by atoms with E-state index in [1.165, 1.54) is 0 Å². The van der Waals surface area contributed by atoms with Crippen LogP contribution in [-0.2, 0) is 11.2 Å². The van der Waals surface area contributed by atoms with Crippen LogP contribution in [0.3, 0.4) is 0 Å². The summed E-state index contributed by atoms with van der Waals surface area (Å²) in [5.41, 5.74) is 1.12. The van der Waals surface area contributed by atoms with Crippen molar-refractivity contribution in [1.82, 2.24) is 0 Å². The van der Waals surface area contributed by atoms with Crippen molar-refractivity contribution in [3.05, 3.63) is 35.9 Å². The average Bonchev–Trinajstić information content (AvgIpc) is 2.64. The third-order valence-electron chi connectivity index (χ3n) is 4.50. The van der Waals surface area contributed by atoms with Crippen LogP contribution in [0.4, 0.5) is 0 Å². The Balaban J connectivity index is 1.99. The van der Waals surface area contributed by atoms with Gasteiger partial charge in [-0.3, -0.25) is 0 Å². The molecule has 1 saturated heterocycles. The summed E-state index contributed by atoms with van der Waals surface area (Å²) < 4.78 is 17.6. The maximum absolute atomic E-state index is 9.07. The van der Waals surface area contributed by atoms with Crippen LogP contribution in [0.5, 0.6) is 11.5 Å². The van der Waals surface area contributed by atoms with Gasteiger partial charge in [-0.05, 0) is 43.7 Å². The Labute approximate surface area is 143 Å². The highest BCUT2D eigenvalue weighted by Gasteiger charge is 2.20. The van der Waals surface area contributed by atoms with Crippen molar-refractivity contribution in [2.45, 2.75) is 44.8 Å². The molecule has 130 valence electrons. The summed E-state index contributed by atoms with van der Waals surface area (Å²) in [4.78, 5) is 0. The molecular weight excluding hydrogens is 304 g/mol. The lowest BCUT2D eigenvalue weighted by atomic mass is 10.00. The molecule has 0 spiro atoms. The zero-order valence-corrected chi connectivity index (χ0v) is 14.3. The number of hydrogen-bond acceptors (Lipinski definition) is 4. The second-order valence-electron chi connectivity index (χ2n) is 6.21. The number of fused-ring (bicyclic) bond motifs is 1. The van der Waals surface area contributed by atoms with E-state index in [1.807, 2.05) is 12.1 Å². The summed E-state index contributed by atoms with van der Waals surface area (Å²) in [7, 11) is 1.70. The van der Waals surface area contributed by atoms with Gasteiger partial charge in [-0.25, -0.2) is 0 Å². The quantitative estimate of drug-likeness (QED) is 0.778. The van der Waals surface area contributed by atoms with Crippen LogP contribution >= 0.6 is 0 Å². The minimum atomic E-state index is -0.174. The van der Waals surface area contributed by atoms with E-state index in [4.69, 9.17) is 19.3 Å². The average molecular weight is 330 g/mol. The molecule has 1 aliphatic heterocycles. The normalized spacial score (nSPS) is 17.8. The summed E-state index contributed by atoms with van der Waals surface area (Å²) in [5, 5.41) is 11.2. The van der Waals surface area contributed by atoms with Crippen LogP contribution in [0, 0.1) is 0 Å². The molecule has 0 saturated carbocycles. The lowest BCUT2D eigenvalue weighted by molar-refractivity contribution is -0.105. The summed E-state index contributed by atoms with van der Waals surface area (Å²) in [5.74, 6) is 1.76. The molecule has 1 atom stereocenters. The van der Waals surface area contributed by atoms with Gasteiger partial charge < -0.3 is 19.3 Å². The van der Waals surface area contributed by atoms with Gasteiger partial charge in [-0.1, -0.05) is 24.3 Å². The van der Waals surface area contributed by atoms with Gasteiger partial charge in [0.2, 0.25) is 0 Å². The molecule has 4 heteroatoms. The summed E-state index contributed by atoms with van der Waals surface area (Å²) in [6, 6.07) is 10.2. The van der Waals surface area contributed by atoms with Gasteiger partial charge >= 0.3 is 0 Å². The largest absolute Gasteiger partial charge is 0.496 e. The molecule has 1 heterocycles. The molecule has 0 amide bonds. The number of hydrogen-bond donors (Lipinski definition) is 1. The van der Waals surface area contributed by atoms with Crippen LogP contribution in [-0.4, -0.2) is 31.7 Å². The molecule has 0 radical (unpaired) electrons. The number of unbranched alkanes of at least 4 members (excludes halogenated alkanes) is 1. The van der Waals surface area contributed by atoms with Crippen LogP contribution in [0.2, 0.25) is 0 Å². The first-order chi connectivity index (χ1) is 11.8. The van der Waals surface area contributed by atoms with E-state index in [0.29, 0.717) is 0 Å². The van der Waals surface area contributed by atoms with Gasteiger partial charge in [-0.2, -0.15) is 0 Å². The predicted octanol–water partition coefficient (Wildman–Crippen LogP) is 4.07. The number of aliphatic hydroxyl groups is 1. The van der Waals surface area contributed by atoms with Gasteiger partial charge in [0.15, 0.2) is 6.29 Å². The summed E-state index contributed by atoms with van der Waals surface area (Å²) in [6.07, 6.45) is 5.55. The fourth-order valence-electron chi connectivity index (χ4n) is 3.23. The lowest BCUT2D eigenvalue weighted by Gasteiger charge is -2.26. The Hall–Kier alpha value is -1.78. The Kier molecular flexibility index (Phi) is 5.94. The topological polar surface area (TPSA) is 47.9 Å². The van der Waals surface area contributed by atoms with E-state index < -0.39 is 0 Å². The van der Waals surface area contributed by atoms with E-state index >= 15 is 0 Å². The third-order valence-corrected chi connectivity index (χ3v) is 4.50. The first-order valence-electron chi connectivity index (χ1n) is 8.81. The van der Waals surface area contributed by atoms with Gasteiger partial charge in [-0.15, -0.1) is 0 Å². The Morgan fingerprint density at radius 1 is 1.17 bits per heavy atom. The molecule has 4 nitrogen and oxygen atoms in total. The summed E-state index contributed by atoms with van der Waals surface area (Å²) >= 11 is 0. The number of rotatable bonds is 7. The number of aryl methyl sites for hydroxylation is 1. The zero-order valence-electron chi connectivity index (χ0n) is 14.3. The molecule has 0 aromatic heterocycles. The van der Waals surface area contributed by atoms with Crippen LogP contribution in [0.25, 0.3) is 10.8 Å². The Bertz CT molecular complexity index is 662. The van der Waals surface area contributed by atoms with E-state index in [0.717, 1.165) is 73.0 Å². The first-order valence-corrected chi connectivity index (χ1v) is 8.81. The number of aliphatic hydroxyl groups excluding tert-OH is 1. The molecule has 2 aromatic rings. The van der Waals surface area contributed by atoms with Crippen molar-refractivity contribution in [2.75, 3.05) is 20.3 Å². The molecule has 1 aliphatic rings. The van der Waals surface area contributed by atoms with E-state index in [1.54, 1.807) is 7.11 Å². The smallest absolute Gasteiger partial charge is 0.199 e. The van der Waals surface area contributed by atoms with Gasteiger partial charge in [0.05, 0.1) is 13.7 Å². The highest BCUT2D eigenvalue weighted by atomic mass is 16.7. The first kappa shape index (κ1) is 17.1. The molecule has 0 aliphatic carbocycles. The number of benzene rings is 2. The second kappa shape index (κ2) is 8.36. The van der Waals surface area contributed by atoms with Crippen LogP contribution in [0.15, 0.2) is 30.3 Å². The highest BCUT2D eigenvalue weighted by molar-refractivity contribution is 5.94. The van der Waals surface area contributed by atoms with Crippen molar-refractivity contribution in [3.8, 4) is 11.5 Å². The minimum absolute atomic E-state index is 0.174. The Morgan fingerprint density at radius 3 is 2.71 bits per heavy atom. The van der Waals surface area contributed by atoms with Crippen molar-refractivity contribution in [3.63, 3.8) is 0 Å². The third kappa shape index (κ3) is 3.82. The van der Waals surface area contributed by atoms with Gasteiger partial charge in [0, 0.05) is 23.8 Å². The maximum Gasteiger partial charge on any atom is 0.199 e. The van der Waals surface area contributed by atoms with Crippen molar-refractivity contribution < 1.29 is 19.3 Å². The van der Waals surface area contributed by atoms with E-state index in [2.05, 4.69) is 18.2 Å². The van der Waals surface area contributed by atoms with E-state index in [9.17, 15) is 0 Å². The molecule has 1 unspecified atom stereocenters. The SMILES string of the molecule is COc1cc(CCCCO)c(OC2CCCCO2)c2ccccc12. The number of methoxy groups -OCH3 is 1. The molecule has 2 aromatic carbocycles. The fourth-order valence-corrected chi connectivity index (χ4v) is 3.23.